The molecule has 0 saturated carbocycles. The zero-order valence-corrected chi connectivity index (χ0v) is 14.5. The van der Waals surface area contributed by atoms with Crippen molar-refractivity contribution in [2.24, 2.45) is 0 Å². The van der Waals surface area contributed by atoms with E-state index in [1.165, 1.54) is 16.3 Å². The van der Waals surface area contributed by atoms with E-state index in [1.54, 1.807) is 0 Å². The van der Waals surface area contributed by atoms with Gasteiger partial charge < -0.3 is 4.57 Å². The van der Waals surface area contributed by atoms with Gasteiger partial charge >= 0.3 is 0 Å². The molecule has 3 aromatic rings. The Morgan fingerprint density at radius 3 is 2.14 bits per heavy atom. The second-order valence-electron chi connectivity index (χ2n) is 6.43. The second kappa shape index (κ2) is 5.93. The summed E-state index contributed by atoms with van der Waals surface area (Å²) in [5.74, 6) is 1.10. The second-order valence-corrected chi connectivity index (χ2v) is 11.1. The molecule has 0 aliphatic rings. The van der Waals surface area contributed by atoms with Gasteiger partial charge in [0.05, 0.1) is 0 Å². The van der Waals surface area contributed by atoms with Crippen molar-refractivity contribution in [3.05, 3.63) is 72.8 Å². The highest BCUT2D eigenvalue weighted by Crippen LogP contribution is 2.18. The molecule has 0 N–H and O–H groups in total. The minimum absolute atomic E-state index is 1.07. The van der Waals surface area contributed by atoms with E-state index in [4.69, 9.17) is 0 Å². The molecule has 2 nitrogen and oxygen atoms in total. The topological polar surface area (TPSA) is 17.8 Å². The lowest BCUT2D eigenvalue weighted by molar-refractivity contribution is 0.810. The van der Waals surface area contributed by atoms with Crippen molar-refractivity contribution < 1.29 is 0 Å². The lowest BCUT2D eigenvalue weighted by Gasteiger charge is -2.24. The smallest absolute Gasteiger partial charge is 0.105 e. The summed E-state index contributed by atoms with van der Waals surface area (Å²) < 4.78 is 2.28. The number of benzene rings is 2. The van der Waals surface area contributed by atoms with E-state index in [2.05, 4.69) is 90.4 Å². The summed E-state index contributed by atoms with van der Waals surface area (Å²) in [6, 6.07) is 19.7. The van der Waals surface area contributed by atoms with Gasteiger partial charge in [0.25, 0.3) is 0 Å². The minimum atomic E-state index is -1.52. The van der Waals surface area contributed by atoms with Gasteiger partial charge in [0.15, 0.2) is 0 Å². The first-order valence-electron chi connectivity index (χ1n) is 7.70. The normalized spacial score (nSPS) is 11.6. The number of aromatic nitrogens is 2. The SMILES string of the molecule is Cc1nccn1C[Si](C)(C)c1ccc(-c2ccccc2)cc1. The fourth-order valence-corrected chi connectivity index (χ4v) is 5.27. The molecule has 0 bridgehead atoms. The lowest BCUT2D eigenvalue weighted by atomic mass is 10.1. The molecular formula is C19H22N2Si. The van der Waals surface area contributed by atoms with Crippen LogP contribution in [0.1, 0.15) is 5.82 Å². The first kappa shape index (κ1) is 14.8. The Labute approximate surface area is 133 Å². The highest BCUT2D eigenvalue weighted by atomic mass is 28.3. The Morgan fingerprint density at radius 2 is 1.55 bits per heavy atom. The van der Waals surface area contributed by atoms with Crippen molar-refractivity contribution in [3.63, 3.8) is 0 Å². The molecule has 2 aromatic carbocycles. The Hall–Kier alpha value is -2.13. The van der Waals surface area contributed by atoms with E-state index in [0.29, 0.717) is 0 Å². The maximum atomic E-state index is 4.33. The van der Waals surface area contributed by atoms with E-state index < -0.39 is 8.07 Å². The van der Waals surface area contributed by atoms with Crippen LogP contribution >= 0.6 is 0 Å². The maximum absolute atomic E-state index is 4.33. The third-order valence-corrected chi connectivity index (χ3v) is 7.29. The van der Waals surface area contributed by atoms with E-state index in [-0.39, 0.29) is 0 Å². The van der Waals surface area contributed by atoms with Crippen molar-refractivity contribution in [1.82, 2.24) is 9.55 Å². The number of aryl methyl sites for hydroxylation is 1. The monoisotopic (exact) mass is 306 g/mol. The predicted octanol–water partition coefficient (Wildman–Crippen LogP) is 4.01. The van der Waals surface area contributed by atoms with Gasteiger partial charge in [-0.05, 0) is 18.1 Å². The molecule has 0 aliphatic heterocycles. The van der Waals surface area contributed by atoms with E-state index >= 15 is 0 Å². The van der Waals surface area contributed by atoms with Crippen LogP contribution in [0.3, 0.4) is 0 Å². The molecule has 0 radical (unpaired) electrons. The molecule has 1 heterocycles. The average molecular weight is 306 g/mol. The van der Waals surface area contributed by atoms with E-state index in [9.17, 15) is 0 Å². The van der Waals surface area contributed by atoms with Crippen LogP contribution in [0.15, 0.2) is 67.0 Å². The maximum Gasteiger partial charge on any atom is 0.105 e. The zero-order chi connectivity index (χ0) is 15.6. The molecule has 0 saturated heterocycles. The molecule has 1 aromatic heterocycles. The lowest BCUT2D eigenvalue weighted by Crippen LogP contribution is -2.45. The minimum Gasteiger partial charge on any atom is -0.338 e. The largest absolute Gasteiger partial charge is 0.338 e. The number of hydrogen-bond donors (Lipinski definition) is 0. The molecule has 0 amide bonds. The molecule has 0 unspecified atom stereocenters. The summed E-state index contributed by atoms with van der Waals surface area (Å²) >= 11 is 0. The first-order chi connectivity index (χ1) is 10.6. The van der Waals surface area contributed by atoms with Crippen LogP contribution in [0.2, 0.25) is 13.1 Å². The van der Waals surface area contributed by atoms with Crippen LogP contribution < -0.4 is 5.19 Å². The van der Waals surface area contributed by atoms with Gasteiger partial charge in [-0.3, -0.25) is 0 Å². The van der Waals surface area contributed by atoms with Gasteiger partial charge in [0, 0.05) is 18.6 Å². The Bertz CT molecular complexity index is 743. The average Bonchev–Trinajstić information content (AvgIpc) is 2.93. The summed E-state index contributed by atoms with van der Waals surface area (Å²) in [4.78, 5) is 4.33. The predicted molar refractivity (Wildman–Crippen MR) is 96.0 cm³/mol. The van der Waals surface area contributed by atoms with Crippen LogP contribution in [-0.2, 0) is 6.17 Å². The highest BCUT2D eigenvalue weighted by molar-refractivity contribution is 6.88. The van der Waals surface area contributed by atoms with Crippen molar-refractivity contribution in [1.29, 1.82) is 0 Å². The summed E-state index contributed by atoms with van der Waals surface area (Å²) in [5.41, 5.74) is 2.56. The molecular weight excluding hydrogens is 284 g/mol. The van der Waals surface area contributed by atoms with Gasteiger partial charge in [-0.2, -0.15) is 0 Å². The standard InChI is InChI=1S/C19H22N2Si/c1-16-20-13-14-21(16)15-22(2,3)19-11-9-18(10-12-19)17-7-5-4-6-8-17/h4-14H,15H2,1-3H3. The van der Waals surface area contributed by atoms with Gasteiger partial charge in [0.2, 0.25) is 0 Å². The molecule has 112 valence electrons. The van der Waals surface area contributed by atoms with Gasteiger partial charge in [0.1, 0.15) is 13.9 Å². The first-order valence-corrected chi connectivity index (χ1v) is 10.9. The fraction of sp³-hybridized carbons (Fsp3) is 0.211. The van der Waals surface area contributed by atoms with Crippen LogP contribution in [0, 0.1) is 6.92 Å². The molecule has 0 spiro atoms. The third kappa shape index (κ3) is 3.04. The molecule has 0 fully saturated rings. The molecule has 0 aliphatic carbocycles. The van der Waals surface area contributed by atoms with Crippen molar-refractivity contribution in [2.45, 2.75) is 26.2 Å². The quantitative estimate of drug-likeness (QED) is 0.666. The Morgan fingerprint density at radius 1 is 0.909 bits per heavy atom. The summed E-state index contributed by atoms with van der Waals surface area (Å²) in [6.07, 6.45) is 5.05. The molecule has 0 atom stereocenters. The fourth-order valence-electron chi connectivity index (χ4n) is 2.83. The van der Waals surface area contributed by atoms with Crippen LogP contribution in [-0.4, -0.2) is 17.6 Å². The van der Waals surface area contributed by atoms with Crippen LogP contribution in [0.4, 0.5) is 0 Å². The third-order valence-electron chi connectivity index (χ3n) is 4.26. The van der Waals surface area contributed by atoms with Gasteiger partial charge in [-0.15, -0.1) is 0 Å². The summed E-state index contributed by atoms with van der Waals surface area (Å²) in [7, 11) is -1.52. The Kier molecular flexibility index (Phi) is 3.99. The van der Waals surface area contributed by atoms with Crippen LogP contribution in [0.25, 0.3) is 11.1 Å². The van der Waals surface area contributed by atoms with Crippen molar-refractivity contribution >= 4 is 13.3 Å². The van der Waals surface area contributed by atoms with E-state index in [1.807, 2.05) is 6.20 Å². The van der Waals surface area contributed by atoms with Crippen LogP contribution in [0.5, 0.6) is 0 Å². The molecule has 3 rings (SSSR count). The molecule has 22 heavy (non-hydrogen) atoms. The number of nitrogens with zero attached hydrogens (tertiary/aromatic N) is 2. The van der Waals surface area contributed by atoms with Crippen molar-refractivity contribution in [3.8, 4) is 11.1 Å². The zero-order valence-electron chi connectivity index (χ0n) is 13.5. The Balaban J connectivity index is 1.84. The van der Waals surface area contributed by atoms with Gasteiger partial charge in [-0.25, -0.2) is 4.98 Å². The summed E-state index contributed by atoms with van der Waals surface area (Å²) in [5, 5.41) is 1.49. The highest BCUT2D eigenvalue weighted by Gasteiger charge is 2.24. The number of hydrogen-bond acceptors (Lipinski definition) is 1. The number of rotatable bonds is 4. The van der Waals surface area contributed by atoms with Gasteiger partial charge in [-0.1, -0.05) is 72.9 Å². The summed E-state index contributed by atoms with van der Waals surface area (Å²) in [6.45, 7) is 6.91. The van der Waals surface area contributed by atoms with E-state index in [0.717, 1.165) is 12.0 Å². The molecule has 3 heteroatoms. The van der Waals surface area contributed by atoms with Crippen molar-refractivity contribution in [2.75, 3.05) is 0 Å². The number of imidazole rings is 1.